The molecule has 132 valence electrons. The summed E-state index contributed by atoms with van der Waals surface area (Å²) in [4.78, 5) is 18.6. The highest BCUT2D eigenvalue weighted by molar-refractivity contribution is 6.06. The van der Waals surface area contributed by atoms with Gasteiger partial charge in [-0.3, -0.25) is 9.78 Å². The van der Waals surface area contributed by atoms with Crippen LogP contribution in [-0.4, -0.2) is 32.4 Å². The van der Waals surface area contributed by atoms with Crippen molar-refractivity contribution >= 4 is 11.6 Å². The van der Waals surface area contributed by atoms with Crippen LogP contribution in [0.1, 0.15) is 27.3 Å². The molecule has 6 nitrogen and oxygen atoms in total. The molecule has 0 spiro atoms. The highest BCUT2D eigenvalue weighted by Crippen LogP contribution is 2.28. The van der Waals surface area contributed by atoms with E-state index >= 15 is 0 Å². The highest BCUT2D eigenvalue weighted by Gasteiger charge is 2.29. The van der Waals surface area contributed by atoms with Gasteiger partial charge in [-0.25, -0.2) is 13.5 Å². The second-order valence-electron chi connectivity index (χ2n) is 6.13. The van der Waals surface area contributed by atoms with Crippen LogP contribution >= 0.6 is 0 Å². The van der Waals surface area contributed by atoms with Crippen molar-refractivity contribution < 1.29 is 13.6 Å². The van der Waals surface area contributed by atoms with Crippen LogP contribution in [0.25, 0.3) is 0 Å². The fourth-order valence-corrected chi connectivity index (χ4v) is 3.09. The molecule has 0 bridgehead atoms. The SMILES string of the molecule is Cc1c(C(=O)N2CCc3cnccc32)nnn1Cc1ccc(F)cc1F. The van der Waals surface area contributed by atoms with Crippen molar-refractivity contribution in [3.63, 3.8) is 0 Å². The van der Waals surface area contributed by atoms with E-state index in [4.69, 9.17) is 0 Å². The number of fused-ring (bicyclic) bond motifs is 1. The van der Waals surface area contributed by atoms with Crippen molar-refractivity contribution in [2.24, 2.45) is 0 Å². The van der Waals surface area contributed by atoms with Crippen LogP contribution in [0.3, 0.4) is 0 Å². The van der Waals surface area contributed by atoms with Gasteiger partial charge in [0, 0.05) is 30.6 Å². The zero-order valence-corrected chi connectivity index (χ0v) is 14.0. The number of amides is 1. The van der Waals surface area contributed by atoms with Crippen LogP contribution in [0.5, 0.6) is 0 Å². The number of hydrogen-bond donors (Lipinski definition) is 0. The Morgan fingerprint density at radius 2 is 2.12 bits per heavy atom. The fourth-order valence-electron chi connectivity index (χ4n) is 3.09. The molecule has 4 rings (SSSR count). The van der Waals surface area contributed by atoms with Crippen LogP contribution in [0, 0.1) is 18.6 Å². The second-order valence-corrected chi connectivity index (χ2v) is 6.13. The summed E-state index contributed by atoms with van der Waals surface area (Å²) < 4.78 is 28.3. The van der Waals surface area contributed by atoms with Gasteiger partial charge in [-0.05, 0) is 31.0 Å². The van der Waals surface area contributed by atoms with Gasteiger partial charge >= 0.3 is 0 Å². The minimum absolute atomic E-state index is 0.0682. The highest BCUT2D eigenvalue weighted by atomic mass is 19.1. The molecule has 8 heteroatoms. The van der Waals surface area contributed by atoms with Crippen LogP contribution in [0.4, 0.5) is 14.5 Å². The first-order chi connectivity index (χ1) is 12.5. The molecule has 0 N–H and O–H groups in total. The first-order valence-corrected chi connectivity index (χ1v) is 8.13. The first-order valence-electron chi connectivity index (χ1n) is 8.13. The molecule has 0 atom stereocenters. The maximum atomic E-state index is 13.9. The molecule has 2 aromatic heterocycles. The third kappa shape index (κ3) is 2.73. The Morgan fingerprint density at radius 1 is 1.27 bits per heavy atom. The molecular weight excluding hydrogens is 340 g/mol. The van der Waals surface area contributed by atoms with Gasteiger partial charge in [0.05, 0.1) is 17.9 Å². The number of pyridine rings is 1. The molecule has 26 heavy (non-hydrogen) atoms. The summed E-state index contributed by atoms with van der Waals surface area (Å²) in [5.74, 6) is -1.55. The van der Waals surface area contributed by atoms with Crippen molar-refractivity contribution in [3.05, 3.63) is 70.8 Å². The minimum Gasteiger partial charge on any atom is -0.306 e. The molecule has 0 saturated carbocycles. The predicted molar refractivity (Wildman–Crippen MR) is 89.8 cm³/mol. The third-order valence-electron chi connectivity index (χ3n) is 4.54. The summed E-state index contributed by atoms with van der Waals surface area (Å²) in [6.45, 7) is 2.33. The van der Waals surface area contributed by atoms with E-state index in [1.54, 1.807) is 30.3 Å². The van der Waals surface area contributed by atoms with Gasteiger partial charge < -0.3 is 4.90 Å². The van der Waals surface area contributed by atoms with E-state index in [9.17, 15) is 13.6 Å². The van der Waals surface area contributed by atoms with E-state index < -0.39 is 11.6 Å². The summed E-state index contributed by atoms with van der Waals surface area (Å²) in [6, 6.07) is 5.17. The number of halogens is 2. The Labute approximate surface area is 148 Å². The average Bonchev–Trinajstić information content (AvgIpc) is 3.21. The molecule has 0 unspecified atom stereocenters. The van der Waals surface area contributed by atoms with Crippen molar-refractivity contribution in [3.8, 4) is 0 Å². The quantitative estimate of drug-likeness (QED) is 0.724. The van der Waals surface area contributed by atoms with Gasteiger partial charge in [-0.2, -0.15) is 0 Å². The molecule has 3 heterocycles. The van der Waals surface area contributed by atoms with E-state index in [2.05, 4.69) is 15.3 Å². The van der Waals surface area contributed by atoms with Gasteiger partial charge in [-0.1, -0.05) is 11.3 Å². The van der Waals surface area contributed by atoms with Crippen molar-refractivity contribution in [2.75, 3.05) is 11.4 Å². The number of nitrogens with zero attached hydrogens (tertiary/aromatic N) is 5. The van der Waals surface area contributed by atoms with E-state index in [1.807, 2.05) is 0 Å². The molecule has 1 aliphatic rings. The molecule has 1 aliphatic heterocycles. The number of hydrogen-bond acceptors (Lipinski definition) is 4. The number of carbonyl (C=O) groups excluding carboxylic acids is 1. The molecule has 3 aromatic rings. The number of anilines is 1. The molecule has 0 radical (unpaired) electrons. The normalized spacial score (nSPS) is 13.1. The lowest BCUT2D eigenvalue weighted by molar-refractivity contribution is 0.0984. The summed E-state index contributed by atoms with van der Waals surface area (Å²) >= 11 is 0. The summed E-state index contributed by atoms with van der Waals surface area (Å²) in [7, 11) is 0. The molecule has 1 amide bonds. The summed E-state index contributed by atoms with van der Waals surface area (Å²) in [6.07, 6.45) is 4.14. The van der Waals surface area contributed by atoms with Gasteiger partial charge in [0.2, 0.25) is 0 Å². The topological polar surface area (TPSA) is 63.9 Å². The Balaban J connectivity index is 1.60. The third-order valence-corrected chi connectivity index (χ3v) is 4.54. The second kappa shape index (κ2) is 6.29. The lowest BCUT2D eigenvalue weighted by Crippen LogP contribution is -2.29. The number of aromatic nitrogens is 4. The van der Waals surface area contributed by atoms with E-state index in [-0.39, 0.29) is 23.7 Å². The minimum atomic E-state index is -0.659. The largest absolute Gasteiger partial charge is 0.306 e. The van der Waals surface area contributed by atoms with Crippen molar-refractivity contribution in [1.29, 1.82) is 0 Å². The van der Waals surface area contributed by atoms with Crippen LogP contribution < -0.4 is 4.90 Å². The number of carbonyl (C=O) groups is 1. The molecule has 0 saturated heterocycles. The Morgan fingerprint density at radius 3 is 2.92 bits per heavy atom. The molecule has 1 aromatic carbocycles. The maximum Gasteiger partial charge on any atom is 0.280 e. The molecule has 0 fully saturated rings. The predicted octanol–water partition coefficient (Wildman–Crippen LogP) is 2.51. The van der Waals surface area contributed by atoms with Crippen LogP contribution in [0.2, 0.25) is 0 Å². The Bertz CT molecular complexity index is 1000. The fraction of sp³-hybridized carbons (Fsp3) is 0.222. The Kier molecular flexibility index (Phi) is 3.95. The van der Waals surface area contributed by atoms with E-state index in [0.717, 1.165) is 23.7 Å². The maximum absolute atomic E-state index is 13.9. The zero-order valence-electron chi connectivity index (χ0n) is 14.0. The van der Waals surface area contributed by atoms with Crippen LogP contribution in [0.15, 0.2) is 36.7 Å². The van der Waals surface area contributed by atoms with E-state index in [0.29, 0.717) is 12.2 Å². The van der Waals surface area contributed by atoms with Gasteiger partial charge in [0.15, 0.2) is 5.69 Å². The molecule has 0 aliphatic carbocycles. The lowest BCUT2D eigenvalue weighted by Gasteiger charge is -2.16. The van der Waals surface area contributed by atoms with Crippen LogP contribution in [-0.2, 0) is 13.0 Å². The van der Waals surface area contributed by atoms with E-state index in [1.165, 1.54) is 16.8 Å². The summed E-state index contributed by atoms with van der Waals surface area (Å²) in [5, 5.41) is 7.96. The smallest absolute Gasteiger partial charge is 0.280 e. The molecular formula is C18H15F2N5O. The van der Waals surface area contributed by atoms with Crippen molar-refractivity contribution in [1.82, 2.24) is 20.0 Å². The first kappa shape index (κ1) is 16.3. The lowest BCUT2D eigenvalue weighted by atomic mass is 10.2. The number of benzene rings is 1. The van der Waals surface area contributed by atoms with Crippen molar-refractivity contribution in [2.45, 2.75) is 19.9 Å². The van der Waals surface area contributed by atoms with Gasteiger partial charge in [0.1, 0.15) is 11.6 Å². The Hall–Kier alpha value is -3.16. The zero-order chi connectivity index (χ0) is 18.3. The monoisotopic (exact) mass is 355 g/mol. The summed E-state index contributed by atoms with van der Waals surface area (Å²) in [5.41, 5.74) is 2.86. The standard InChI is InChI=1S/C18H15F2N5O/c1-11-17(18(26)24-7-5-12-9-21-6-4-16(12)24)22-23-25(11)10-13-2-3-14(19)8-15(13)20/h2-4,6,8-9H,5,7,10H2,1H3. The number of rotatable bonds is 3. The van der Waals surface area contributed by atoms with Gasteiger partial charge in [-0.15, -0.1) is 5.10 Å². The van der Waals surface area contributed by atoms with Gasteiger partial charge in [0.25, 0.3) is 5.91 Å². The average molecular weight is 355 g/mol.